The van der Waals surface area contributed by atoms with Crippen molar-refractivity contribution in [3.05, 3.63) is 66.1 Å². The fourth-order valence-electron chi connectivity index (χ4n) is 4.51. The summed E-state index contributed by atoms with van der Waals surface area (Å²) in [7, 11) is 0. The first-order chi connectivity index (χ1) is 15.6. The Morgan fingerprint density at radius 3 is 2.50 bits per heavy atom. The van der Waals surface area contributed by atoms with Gasteiger partial charge in [0.05, 0.1) is 24.0 Å². The molecule has 0 aliphatic carbocycles. The third kappa shape index (κ3) is 3.65. The Morgan fingerprint density at radius 1 is 1.09 bits per heavy atom. The number of thioether (sulfide) groups is 1. The number of benzene rings is 2. The maximum Gasteiger partial charge on any atom is 0.166 e. The van der Waals surface area contributed by atoms with E-state index in [9.17, 15) is 9.50 Å². The molecule has 1 unspecified atom stereocenters. The highest BCUT2D eigenvalue weighted by Crippen LogP contribution is 2.35. The Hall–Kier alpha value is -2.90. The number of aliphatic hydroxyl groups excluding tert-OH is 1. The summed E-state index contributed by atoms with van der Waals surface area (Å²) in [6.07, 6.45) is 4.02. The number of aliphatic hydroxyl groups is 1. The van der Waals surface area contributed by atoms with Crippen molar-refractivity contribution in [3.63, 3.8) is 0 Å². The van der Waals surface area contributed by atoms with Crippen molar-refractivity contribution >= 4 is 23.2 Å². The molecule has 1 aliphatic rings. The first-order valence-electron chi connectivity index (χ1n) is 10.8. The predicted octanol–water partition coefficient (Wildman–Crippen LogP) is 5.19. The van der Waals surface area contributed by atoms with Crippen molar-refractivity contribution in [1.29, 1.82) is 0 Å². The first-order valence-corrected chi connectivity index (χ1v) is 12.0. The van der Waals surface area contributed by atoms with Crippen LogP contribution in [0.25, 0.3) is 28.0 Å². The van der Waals surface area contributed by atoms with Crippen LogP contribution in [0.4, 0.5) is 10.2 Å². The van der Waals surface area contributed by atoms with E-state index >= 15 is 0 Å². The minimum absolute atomic E-state index is 0.0550. The molecule has 4 aromatic rings. The molecule has 0 bridgehead atoms. The molecule has 2 aromatic heterocycles. The molecule has 2 aromatic carbocycles. The highest BCUT2D eigenvalue weighted by atomic mass is 32.2. The van der Waals surface area contributed by atoms with Gasteiger partial charge < -0.3 is 10.0 Å². The normalized spacial score (nSPS) is 16.2. The van der Waals surface area contributed by atoms with Gasteiger partial charge in [-0.2, -0.15) is 5.10 Å². The molecule has 3 heterocycles. The van der Waals surface area contributed by atoms with Gasteiger partial charge >= 0.3 is 0 Å². The van der Waals surface area contributed by atoms with Crippen LogP contribution in [0.1, 0.15) is 18.5 Å². The van der Waals surface area contributed by atoms with Crippen LogP contribution in [0.2, 0.25) is 0 Å². The molecule has 7 heteroatoms. The quantitative estimate of drug-likeness (QED) is 0.426. The lowest BCUT2D eigenvalue weighted by Gasteiger charge is -2.25. The number of rotatable bonds is 5. The maximum atomic E-state index is 13.6. The second-order valence-corrected chi connectivity index (χ2v) is 8.98. The van der Waals surface area contributed by atoms with Crippen molar-refractivity contribution in [2.45, 2.75) is 30.7 Å². The molecule has 5 nitrogen and oxygen atoms in total. The number of fused-ring (bicyclic) bond motifs is 1. The summed E-state index contributed by atoms with van der Waals surface area (Å²) in [5.74, 6) is 0.542. The van der Waals surface area contributed by atoms with Gasteiger partial charge in [0.15, 0.2) is 5.65 Å². The third-order valence-electron chi connectivity index (χ3n) is 6.15. The SMILES string of the molecule is CSc1ccc(-c2c(C)nn3c(-c4ccc(F)cc4)cc(N4CCCC4CO)nc23)cc1. The lowest BCUT2D eigenvalue weighted by atomic mass is 10.1. The minimum atomic E-state index is -0.273. The number of anilines is 1. The lowest BCUT2D eigenvalue weighted by molar-refractivity contribution is 0.266. The van der Waals surface area contributed by atoms with E-state index in [2.05, 4.69) is 35.4 Å². The van der Waals surface area contributed by atoms with Gasteiger partial charge in [-0.15, -0.1) is 11.8 Å². The van der Waals surface area contributed by atoms with Gasteiger partial charge in [-0.05, 0) is 68.0 Å². The zero-order valence-electron chi connectivity index (χ0n) is 18.1. The number of halogens is 1. The summed E-state index contributed by atoms with van der Waals surface area (Å²) in [4.78, 5) is 8.41. The number of aryl methyl sites for hydroxylation is 1. The van der Waals surface area contributed by atoms with Gasteiger partial charge in [-0.3, -0.25) is 0 Å². The van der Waals surface area contributed by atoms with E-state index in [1.807, 2.05) is 17.5 Å². The van der Waals surface area contributed by atoms with E-state index in [4.69, 9.17) is 10.1 Å². The van der Waals surface area contributed by atoms with Crippen molar-refractivity contribution < 1.29 is 9.50 Å². The Bertz CT molecular complexity index is 1250. The molecule has 1 atom stereocenters. The van der Waals surface area contributed by atoms with E-state index in [1.54, 1.807) is 23.9 Å². The smallest absolute Gasteiger partial charge is 0.166 e. The van der Waals surface area contributed by atoms with E-state index in [-0.39, 0.29) is 18.5 Å². The van der Waals surface area contributed by atoms with Gasteiger partial charge in [0, 0.05) is 28.6 Å². The van der Waals surface area contributed by atoms with Crippen LogP contribution in [-0.2, 0) is 0 Å². The summed E-state index contributed by atoms with van der Waals surface area (Å²) in [5, 5.41) is 14.7. The molecule has 164 valence electrons. The number of hydrogen-bond donors (Lipinski definition) is 1. The van der Waals surface area contributed by atoms with Crippen LogP contribution in [-0.4, -0.2) is 45.2 Å². The second-order valence-electron chi connectivity index (χ2n) is 8.10. The Morgan fingerprint density at radius 2 is 1.81 bits per heavy atom. The molecule has 1 aliphatic heterocycles. The van der Waals surface area contributed by atoms with Crippen LogP contribution in [0.5, 0.6) is 0 Å². The van der Waals surface area contributed by atoms with Crippen LogP contribution >= 0.6 is 11.8 Å². The molecule has 1 fully saturated rings. The average molecular weight is 449 g/mol. The van der Waals surface area contributed by atoms with Gasteiger partial charge in [0.1, 0.15) is 11.6 Å². The second kappa shape index (κ2) is 8.56. The molecule has 32 heavy (non-hydrogen) atoms. The predicted molar refractivity (Wildman–Crippen MR) is 128 cm³/mol. The van der Waals surface area contributed by atoms with Crippen molar-refractivity contribution in [2.75, 3.05) is 24.3 Å². The first kappa shape index (κ1) is 21.0. The highest BCUT2D eigenvalue weighted by Gasteiger charge is 2.27. The van der Waals surface area contributed by atoms with Crippen molar-refractivity contribution in [3.8, 4) is 22.4 Å². The van der Waals surface area contributed by atoms with Crippen LogP contribution < -0.4 is 4.90 Å². The van der Waals surface area contributed by atoms with Crippen LogP contribution in [0.3, 0.4) is 0 Å². The topological polar surface area (TPSA) is 53.7 Å². The molecule has 0 spiro atoms. The zero-order valence-corrected chi connectivity index (χ0v) is 18.9. The molecule has 0 radical (unpaired) electrons. The summed E-state index contributed by atoms with van der Waals surface area (Å²) >= 11 is 1.71. The summed E-state index contributed by atoms with van der Waals surface area (Å²) in [6.45, 7) is 2.94. The largest absolute Gasteiger partial charge is 0.394 e. The van der Waals surface area contributed by atoms with E-state index < -0.39 is 0 Å². The Labute approximate surface area is 190 Å². The molecule has 5 rings (SSSR count). The fraction of sp³-hybridized carbons (Fsp3) is 0.280. The van der Waals surface area contributed by atoms with Crippen LogP contribution in [0.15, 0.2) is 59.5 Å². The number of aromatic nitrogens is 3. The monoisotopic (exact) mass is 448 g/mol. The van der Waals surface area contributed by atoms with Gasteiger partial charge in [-0.25, -0.2) is 13.9 Å². The average Bonchev–Trinajstić information content (AvgIpc) is 3.42. The molecule has 1 saturated heterocycles. The molecule has 1 N–H and O–H groups in total. The fourth-order valence-corrected chi connectivity index (χ4v) is 4.91. The van der Waals surface area contributed by atoms with Crippen LogP contribution in [0, 0.1) is 12.7 Å². The van der Waals surface area contributed by atoms with Crippen molar-refractivity contribution in [2.24, 2.45) is 0 Å². The maximum absolute atomic E-state index is 13.6. The van der Waals surface area contributed by atoms with E-state index in [0.29, 0.717) is 0 Å². The standard InChI is InChI=1S/C25H25FN4OS/c1-16-24(18-7-11-21(32-2)12-8-18)25-27-23(29-13-3-4-20(29)15-31)14-22(30(25)28-16)17-5-9-19(26)10-6-17/h5-12,14,20,31H,3-4,13,15H2,1-2H3. The number of nitrogens with zero attached hydrogens (tertiary/aromatic N) is 4. The summed E-state index contributed by atoms with van der Waals surface area (Å²) in [6, 6.07) is 16.9. The van der Waals surface area contributed by atoms with Gasteiger partial charge in [0.25, 0.3) is 0 Å². The summed E-state index contributed by atoms with van der Waals surface area (Å²) in [5.41, 5.74) is 5.41. The third-order valence-corrected chi connectivity index (χ3v) is 6.89. The van der Waals surface area contributed by atoms with E-state index in [0.717, 1.165) is 58.9 Å². The van der Waals surface area contributed by atoms with Gasteiger partial charge in [-0.1, -0.05) is 12.1 Å². The Balaban J connectivity index is 1.75. The molecular formula is C25H25FN4OS. The van der Waals surface area contributed by atoms with E-state index in [1.165, 1.54) is 17.0 Å². The Kier molecular flexibility index (Phi) is 5.61. The van der Waals surface area contributed by atoms with Gasteiger partial charge in [0.2, 0.25) is 0 Å². The molecule has 0 saturated carbocycles. The lowest BCUT2D eigenvalue weighted by Crippen LogP contribution is -2.32. The zero-order chi connectivity index (χ0) is 22.2. The molecule has 0 amide bonds. The highest BCUT2D eigenvalue weighted by molar-refractivity contribution is 7.98. The van der Waals surface area contributed by atoms with Crippen molar-refractivity contribution in [1.82, 2.24) is 14.6 Å². The summed E-state index contributed by atoms with van der Waals surface area (Å²) < 4.78 is 15.5. The molecular weight excluding hydrogens is 423 g/mol. The minimum Gasteiger partial charge on any atom is -0.394 e. The number of hydrogen-bond acceptors (Lipinski definition) is 5.